The zero-order valence-electron chi connectivity index (χ0n) is 16.6. The van der Waals surface area contributed by atoms with Gasteiger partial charge in [0, 0.05) is 6.54 Å². The number of amides is 1. The normalized spacial score (nSPS) is 13.7. The van der Waals surface area contributed by atoms with E-state index in [1.165, 1.54) is 4.31 Å². The summed E-state index contributed by atoms with van der Waals surface area (Å²) in [6.07, 6.45) is 1.12. The molecule has 0 spiro atoms. The average molecular weight is 389 g/mol. The highest BCUT2D eigenvalue weighted by Crippen LogP contribution is 2.24. The summed E-state index contributed by atoms with van der Waals surface area (Å²) in [6, 6.07) is 14.5. The van der Waals surface area contributed by atoms with Gasteiger partial charge in [0.05, 0.1) is 11.9 Å². The first-order valence-electron chi connectivity index (χ1n) is 9.00. The van der Waals surface area contributed by atoms with Gasteiger partial charge in [0.2, 0.25) is 15.9 Å². The van der Waals surface area contributed by atoms with Crippen molar-refractivity contribution in [2.24, 2.45) is 0 Å². The monoisotopic (exact) mass is 388 g/mol. The Morgan fingerprint density at radius 1 is 1.04 bits per heavy atom. The van der Waals surface area contributed by atoms with Crippen LogP contribution in [0.15, 0.2) is 48.5 Å². The number of sulfonamides is 1. The summed E-state index contributed by atoms with van der Waals surface area (Å²) in [5.74, 6) is -0.183. The Labute approximate surface area is 162 Å². The van der Waals surface area contributed by atoms with Gasteiger partial charge in [-0.2, -0.15) is 0 Å². The second kappa shape index (κ2) is 8.57. The van der Waals surface area contributed by atoms with E-state index in [1.807, 2.05) is 57.2 Å². The van der Waals surface area contributed by atoms with Crippen LogP contribution in [-0.4, -0.2) is 33.2 Å². The molecule has 2 aromatic carbocycles. The Kier molecular flexibility index (Phi) is 6.65. The van der Waals surface area contributed by atoms with E-state index in [4.69, 9.17) is 0 Å². The lowest BCUT2D eigenvalue weighted by Crippen LogP contribution is -2.48. The minimum absolute atomic E-state index is 0.135. The lowest BCUT2D eigenvalue weighted by atomic mass is 10.0. The van der Waals surface area contributed by atoms with E-state index in [0.29, 0.717) is 12.2 Å². The van der Waals surface area contributed by atoms with Crippen molar-refractivity contribution >= 4 is 21.6 Å². The number of carbonyl (C=O) groups is 1. The van der Waals surface area contributed by atoms with Gasteiger partial charge in [0.15, 0.2) is 0 Å². The molecular formula is C21H28N2O3S. The van der Waals surface area contributed by atoms with Crippen LogP contribution in [0.3, 0.4) is 0 Å². The second-order valence-corrected chi connectivity index (χ2v) is 8.92. The zero-order chi connectivity index (χ0) is 20.2. The highest BCUT2D eigenvalue weighted by molar-refractivity contribution is 7.92. The molecule has 0 heterocycles. The number of benzene rings is 2. The molecule has 2 rings (SSSR count). The Bertz CT molecular complexity index is 895. The van der Waals surface area contributed by atoms with Crippen LogP contribution in [-0.2, 0) is 14.8 Å². The van der Waals surface area contributed by atoms with Crippen molar-refractivity contribution in [1.29, 1.82) is 0 Å². The van der Waals surface area contributed by atoms with Crippen LogP contribution in [0.2, 0.25) is 0 Å². The number of anilines is 1. The van der Waals surface area contributed by atoms with Crippen LogP contribution >= 0.6 is 0 Å². The summed E-state index contributed by atoms with van der Waals surface area (Å²) in [4.78, 5) is 12.7. The van der Waals surface area contributed by atoms with E-state index >= 15 is 0 Å². The minimum Gasteiger partial charge on any atom is -0.354 e. The van der Waals surface area contributed by atoms with E-state index in [-0.39, 0.29) is 11.8 Å². The van der Waals surface area contributed by atoms with Gasteiger partial charge in [-0.15, -0.1) is 0 Å². The highest BCUT2D eigenvalue weighted by Gasteiger charge is 2.29. The van der Waals surface area contributed by atoms with E-state index in [1.54, 1.807) is 19.1 Å². The Morgan fingerprint density at radius 3 is 2.22 bits per heavy atom. The molecule has 0 bridgehead atoms. The molecule has 27 heavy (non-hydrogen) atoms. The first-order chi connectivity index (χ1) is 12.6. The molecule has 6 heteroatoms. The van der Waals surface area contributed by atoms with Crippen LogP contribution < -0.4 is 9.62 Å². The maximum atomic E-state index is 12.7. The van der Waals surface area contributed by atoms with Crippen molar-refractivity contribution in [3.8, 4) is 0 Å². The van der Waals surface area contributed by atoms with Gasteiger partial charge in [0.25, 0.3) is 0 Å². The molecule has 146 valence electrons. The van der Waals surface area contributed by atoms with Gasteiger partial charge in [-0.25, -0.2) is 8.42 Å². The van der Waals surface area contributed by atoms with Gasteiger partial charge >= 0.3 is 0 Å². The predicted octanol–water partition coefficient (Wildman–Crippen LogP) is 3.38. The fraction of sp³-hybridized carbons (Fsp3) is 0.381. The Hall–Kier alpha value is -2.34. The summed E-state index contributed by atoms with van der Waals surface area (Å²) >= 11 is 0. The smallest absolute Gasteiger partial charge is 0.243 e. The summed E-state index contributed by atoms with van der Waals surface area (Å²) in [7, 11) is -3.61. The first-order valence-corrected chi connectivity index (χ1v) is 10.9. The molecule has 1 N–H and O–H groups in total. The molecular weight excluding hydrogens is 360 g/mol. The Balaban J connectivity index is 2.16. The maximum absolute atomic E-state index is 12.7. The van der Waals surface area contributed by atoms with E-state index in [0.717, 1.165) is 22.9 Å². The third-order valence-corrected chi connectivity index (χ3v) is 6.03. The van der Waals surface area contributed by atoms with Crippen molar-refractivity contribution in [2.45, 2.75) is 39.7 Å². The predicted molar refractivity (Wildman–Crippen MR) is 111 cm³/mol. The lowest BCUT2D eigenvalue weighted by molar-refractivity contribution is -0.121. The molecule has 0 aliphatic carbocycles. The van der Waals surface area contributed by atoms with Gasteiger partial charge < -0.3 is 5.32 Å². The van der Waals surface area contributed by atoms with Gasteiger partial charge in [-0.05, 0) is 55.5 Å². The van der Waals surface area contributed by atoms with Crippen molar-refractivity contribution in [2.75, 3.05) is 17.1 Å². The first kappa shape index (κ1) is 21.0. The third kappa shape index (κ3) is 5.32. The maximum Gasteiger partial charge on any atom is 0.243 e. The van der Waals surface area contributed by atoms with Crippen molar-refractivity contribution in [3.63, 3.8) is 0 Å². The van der Waals surface area contributed by atoms with Crippen LogP contribution in [0.1, 0.15) is 36.5 Å². The van der Waals surface area contributed by atoms with E-state index in [2.05, 4.69) is 5.32 Å². The molecule has 0 radical (unpaired) electrons. The van der Waals surface area contributed by atoms with E-state index < -0.39 is 16.1 Å². The lowest BCUT2D eigenvalue weighted by Gasteiger charge is -2.29. The topological polar surface area (TPSA) is 66.5 Å². The molecule has 0 saturated heterocycles. The molecule has 2 aromatic rings. The molecule has 0 unspecified atom stereocenters. The molecule has 0 aromatic heterocycles. The average Bonchev–Trinajstić information content (AvgIpc) is 2.62. The fourth-order valence-corrected chi connectivity index (χ4v) is 4.14. The van der Waals surface area contributed by atoms with Crippen LogP contribution in [0, 0.1) is 13.8 Å². The summed E-state index contributed by atoms with van der Waals surface area (Å²) in [5.41, 5.74) is 3.67. The number of nitrogens with one attached hydrogen (secondary N) is 1. The summed E-state index contributed by atoms with van der Waals surface area (Å²) < 4.78 is 25.9. The molecule has 2 atom stereocenters. The van der Waals surface area contributed by atoms with Crippen LogP contribution in [0.4, 0.5) is 5.69 Å². The molecule has 0 aliphatic rings. The quantitative estimate of drug-likeness (QED) is 0.791. The van der Waals surface area contributed by atoms with Crippen LogP contribution in [0.5, 0.6) is 0 Å². The van der Waals surface area contributed by atoms with Crippen molar-refractivity contribution in [1.82, 2.24) is 5.32 Å². The van der Waals surface area contributed by atoms with Gasteiger partial charge in [-0.1, -0.05) is 43.3 Å². The largest absolute Gasteiger partial charge is 0.354 e. The van der Waals surface area contributed by atoms with E-state index in [9.17, 15) is 13.2 Å². The number of aryl methyl sites for hydroxylation is 2. The van der Waals surface area contributed by atoms with Gasteiger partial charge in [-0.3, -0.25) is 9.10 Å². The number of nitrogens with zero attached hydrogens (tertiary/aromatic N) is 1. The molecule has 5 nitrogen and oxygen atoms in total. The zero-order valence-corrected chi connectivity index (χ0v) is 17.4. The molecule has 0 saturated carbocycles. The third-order valence-electron chi connectivity index (χ3n) is 4.78. The molecule has 1 amide bonds. The van der Waals surface area contributed by atoms with Gasteiger partial charge in [0.1, 0.15) is 6.04 Å². The number of carbonyl (C=O) groups excluding carboxylic acids is 1. The number of hydrogen-bond donors (Lipinski definition) is 1. The fourth-order valence-electron chi connectivity index (χ4n) is 2.97. The minimum atomic E-state index is -3.61. The molecule has 0 fully saturated rings. The number of rotatable bonds is 7. The van der Waals surface area contributed by atoms with Crippen molar-refractivity contribution < 1.29 is 13.2 Å². The summed E-state index contributed by atoms with van der Waals surface area (Å²) in [5, 5.41) is 2.88. The Morgan fingerprint density at radius 2 is 1.67 bits per heavy atom. The molecule has 0 aliphatic heterocycles. The standard InChI is InChI=1S/C21H28N2O3S/c1-15-11-12-20(13-16(15)2)23(27(5,25)26)18(4)21(24)22-14-17(3)19-9-7-6-8-10-19/h6-13,17-18H,14H2,1-5H3,(H,22,24)/t17-,18+/m0/s1. The SMILES string of the molecule is Cc1ccc(N([C@H](C)C(=O)NC[C@H](C)c2ccccc2)S(C)(=O)=O)cc1C. The van der Waals surface area contributed by atoms with Crippen LogP contribution in [0.25, 0.3) is 0 Å². The summed E-state index contributed by atoms with van der Waals surface area (Å²) in [6.45, 7) is 7.96. The number of hydrogen-bond acceptors (Lipinski definition) is 3. The van der Waals surface area contributed by atoms with Crippen molar-refractivity contribution in [3.05, 3.63) is 65.2 Å². The second-order valence-electron chi connectivity index (χ2n) is 7.06. The highest BCUT2D eigenvalue weighted by atomic mass is 32.2.